The van der Waals surface area contributed by atoms with Crippen LogP contribution in [0, 0.1) is 5.92 Å². The first-order valence-corrected chi connectivity index (χ1v) is 7.13. The Morgan fingerprint density at radius 1 is 1.44 bits per heavy atom. The molecule has 98 valence electrons. The predicted molar refractivity (Wildman–Crippen MR) is 72.5 cm³/mol. The van der Waals surface area contributed by atoms with Crippen molar-refractivity contribution in [1.29, 1.82) is 0 Å². The van der Waals surface area contributed by atoms with Gasteiger partial charge in [-0.3, -0.25) is 0 Å². The molecule has 0 aliphatic heterocycles. The Bertz CT molecular complexity index is 476. The molecule has 0 saturated carbocycles. The first kappa shape index (κ1) is 13.2. The maximum atomic E-state index is 9.33. The highest BCUT2D eigenvalue weighted by molar-refractivity contribution is 7.09. The normalized spacial score (nSPS) is 11.3. The summed E-state index contributed by atoms with van der Waals surface area (Å²) in [6.07, 6.45) is 1.88. The third kappa shape index (κ3) is 3.17. The van der Waals surface area contributed by atoms with E-state index in [0.29, 0.717) is 11.6 Å². The molecular weight excluding hydrogens is 246 g/mol. The van der Waals surface area contributed by atoms with Crippen LogP contribution in [0.15, 0.2) is 17.5 Å². The van der Waals surface area contributed by atoms with Crippen molar-refractivity contribution in [2.45, 2.75) is 39.8 Å². The van der Waals surface area contributed by atoms with Gasteiger partial charge in [0.2, 0.25) is 0 Å². The molecule has 0 aromatic carbocycles. The summed E-state index contributed by atoms with van der Waals surface area (Å²) in [4.78, 5) is 1.28. The lowest BCUT2D eigenvalue weighted by atomic mass is 10.1. The standard InChI is InChI=1S/C13H19N3OS/c1-10(2)5-6-16-13(12(9-17)14-15-16)8-11-4-3-7-18-11/h3-4,7,10,17H,5-6,8-9H2,1-2H3. The first-order chi connectivity index (χ1) is 8.70. The van der Waals surface area contributed by atoms with Gasteiger partial charge in [0.1, 0.15) is 5.69 Å². The van der Waals surface area contributed by atoms with E-state index in [1.165, 1.54) is 4.88 Å². The van der Waals surface area contributed by atoms with E-state index < -0.39 is 0 Å². The average molecular weight is 265 g/mol. The van der Waals surface area contributed by atoms with Gasteiger partial charge in [-0.25, -0.2) is 4.68 Å². The van der Waals surface area contributed by atoms with E-state index in [2.05, 4.69) is 35.6 Å². The lowest BCUT2D eigenvalue weighted by Crippen LogP contribution is -2.08. The topological polar surface area (TPSA) is 50.9 Å². The Morgan fingerprint density at radius 3 is 2.89 bits per heavy atom. The monoisotopic (exact) mass is 265 g/mol. The summed E-state index contributed by atoms with van der Waals surface area (Å²) in [6, 6.07) is 4.15. The molecule has 2 aromatic rings. The molecule has 0 saturated heterocycles. The van der Waals surface area contributed by atoms with Crippen molar-refractivity contribution in [3.8, 4) is 0 Å². The lowest BCUT2D eigenvalue weighted by molar-refractivity contribution is 0.275. The van der Waals surface area contributed by atoms with Crippen LogP contribution in [-0.2, 0) is 19.6 Å². The average Bonchev–Trinajstić information content (AvgIpc) is 2.97. The molecular formula is C13H19N3OS. The molecule has 0 bridgehead atoms. The number of aryl methyl sites for hydroxylation is 1. The Morgan fingerprint density at radius 2 is 2.28 bits per heavy atom. The van der Waals surface area contributed by atoms with E-state index in [1.807, 2.05) is 10.7 Å². The maximum absolute atomic E-state index is 9.33. The van der Waals surface area contributed by atoms with Gasteiger partial charge in [0.15, 0.2) is 0 Å². The van der Waals surface area contributed by atoms with Crippen LogP contribution in [0.2, 0.25) is 0 Å². The van der Waals surface area contributed by atoms with Gasteiger partial charge in [-0.2, -0.15) is 0 Å². The van der Waals surface area contributed by atoms with Gasteiger partial charge in [-0.15, -0.1) is 16.4 Å². The molecule has 2 rings (SSSR count). The van der Waals surface area contributed by atoms with Crippen molar-refractivity contribution in [1.82, 2.24) is 15.0 Å². The van der Waals surface area contributed by atoms with Crippen LogP contribution in [0.1, 0.15) is 36.5 Å². The number of rotatable bonds is 6. The van der Waals surface area contributed by atoms with Gasteiger partial charge >= 0.3 is 0 Å². The van der Waals surface area contributed by atoms with E-state index in [4.69, 9.17) is 0 Å². The van der Waals surface area contributed by atoms with E-state index >= 15 is 0 Å². The summed E-state index contributed by atoms with van der Waals surface area (Å²) in [5.41, 5.74) is 1.74. The van der Waals surface area contributed by atoms with Crippen LogP contribution in [0.4, 0.5) is 0 Å². The van der Waals surface area contributed by atoms with E-state index in [0.717, 1.165) is 25.1 Å². The van der Waals surface area contributed by atoms with Crippen LogP contribution in [-0.4, -0.2) is 20.1 Å². The predicted octanol–water partition coefficient (Wildman–Crippen LogP) is 2.47. The van der Waals surface area contributed by atoms with E-state index in [-0.39, 0.29) is 6.61 Å². The molecule has 0 radical (unpaired) electrons. The van der Waals surface area contributed by atoms with Crippen LogP contribution >= 0.6 is 11.3 Å². The number of hydrogen-bond donors (Lipinski definition) is 1. The van der Waals surface area contributed by atoms with Crippen molar-refractivity contribution in [3.63, 3.8) is 0 Å². The van der Waals surface area contributed by atoms with Gasteiger partial charge in [-0.1, -0.05) is 25.1 Å². The highest BCUT2D eigenvalue weighted by Gasteiger charge is 2.13. The van der Waals surface area contributed by atoms with Crippen molar-refractivity contribution in [3.05, 3.63) is 33.8 Å². The molecule has 0 aliphatic carbocycles. The summed E-state index contributed by atoms with van der Waals surface area (Å²) in [6.45, 7) is 5.22. The number of aliphatic hydroxyl groups is 1. The second kappa shape index (κ2) is 6.11. The molecule has 4 nitrogen and oxygen atoms in total. The zero-order valence-electron chi connectivity index (χ0n) is 10.8. The van der Waals surface area contributed by atoms with Crippen LogP contribution in [0.5, 0.6) is 0 Å². The number of hydrogen-bond acceptors (Lipinski definition) is 4. The molecule has 0 fully saturated rings. The van der Waals surface area contributed by atoms with E-state index in [1.54, 1.807) is 11.3 Å². The molecule has 2 heterocycles. The lowest BCUT2D eigenvalue weighted by Gasteiger charge is -2.08. The zero-order valence-corrected chi connectivity index (χ0v) is 11.7. The minimum atomic E-state index is -0.0393. The van der Waals surface area contributed by atoms with Crippen LogP contribution < -0.4 is 0 Å². The SMILES string of the molecule is CC(C)CCn1nnc(CO)c1Cc1cccs1. The highest BCUT2D eigenvalue weighted by Crippen LogP contribution is 2.17. The minimum Gasteiger partial charge on any atom is -0.390 e. The van der Waals surface area contributed by atoms with Gasteiger partial charge in [0, 0.05) is 17.8 Å². The molecule has 0 aliphatic rings. The van der Waals surface area contributed by atoms with Crippen LogP contribution in [0.3, 0.4) is 0 Å². The summed E-state index contributed by atoms with van der Waals surface area (Å²) >= 11 is 1.72. The summed E-state index contributed by atoms with van der Waals surface area (Å²) in [5.74, 6) is 0.640. The summed E-state index contributed by atoms with van der Waals surface area (Å²) < 4.78 is 1.94. The van der Waals surface area contributed by atoms with Gasteiger partial charge in [0.25, 0.3) is 0 Å². The Balaban J connectivity index is 2.16. The van der Waals surface area contributed by atoms with Crippen molar-refractivity contribution in [2.75, 3.05) is 0 Å². The minimum absolute atomic E-state index is 0.0393. The van der Waals surface area contributed by atoms with Gasteiger partial charge in [-0.05, 0) is 23.8 Å². The second-order valence-corrected chi connectivity index (χ2v) is 5.83. The fourth-order valence-electron chi connectivity index (χ4n) is 1.82. The summed E-state index contributed by atoms with van der Waals surface area (Å²) in [5, 5.41) is 19.6. The molecule has 2 aromatic heterocycles. The van der Waals surface area contributed by atoms with Crippen molar-refractivity contribution in [2.24, 2.45) is 5.92 Å². The van der Waals surface area contributed by atoms with Crippen molar-refractivity contribution >= 4 is 11.3 Å². The fraction of sp³-hybridized carbons (Fsp3) is 0.538. The molecule has 5 heteroatoms. The largest absolute Gasteiger partial charge is 0.390 e. The van der Waals surface area contributed by atoms with Crippen molar-refractivity contribution < 1.29 is 5.11 Å². The summed E-state index contributed by atoms with van der Waals surface area (Å²) in [7, 11) is 0. The molecule has 1 N–H and O–H groups in total. The van der Waals surface area contributed by atoms with Crippen LogP contribution in [0.25, 0.3) is 0 Å². The van der Waals surface area contributed by atoms with E-state index in [9.17, 15) is 5.11 Å². The first-order valence-electron chi connectivity index (χ1n) is 6.25. The Hall–Kier alpha value is -1.20. The molecule has 0 atom stereocenters. The zero-order chi connectivity index (χ0) is 13.0. The molecule has 0 spiro atoms. The third-order valence-electron chi connectivity index (χ3n) is 2.91. The third-order valence-corrected chi connectivity index (χ3v) is 3.78. The van der Waals surface area contributed by atoms with Gasteiger partial charge in [0.05, 0.1) is 12.3 Å². The Labute approximate surface area is 111 Å². The van der Waals surface area contributed by atoms with Gasteiger partial charge < -0.3 is 5.11 Å². The quantitative estimate of drug-likeness (QED) is 0.873. The number of thiophene rings is 1. The molecule has 18 heavy (non-hydrogen) atoms. The number of nitrogens with zero attached hydrogens (tertiary/aromatic N) is 3. The maximum Gasteiger partial charge on any atom is 0.112 e. The molecule has 0 unspecified atom stereocenters. The Kier molecular flexibility index (Phi) is 4.49. The number of aliphatic hydroxyl groups excluding tert-OH is 1. The smallest absolute Gasteiger partial charge is 0.112 e. The fourth-order valence-corrected chi connectivity index (χ4v) is 2.53. The second-order valence-electron chi connectivity index (χ2n) is 4.80. The number of aromatic nitrogens is 3. The molecule has 0 amide bonds. The highest BCUT2D eigenvalue weighted by atomic mass is 32.1.